The summed E-state index contributed by atoms with van der Waals surface area (Å²) in [5, 5.41) is 8.36. The number of ketones is 2. The Morgan fingerprint density at radius 3 is 2.21 bits per heavy atom. The van der Waals surface area contributed by atoms with Crippen molar-refractivity contribution in [1.82, 2.24) is 10.6 Å². The summed E-state index contributed by atoms with van der Waals surface area (Å²) in [5.41, 5.74) is 2.95. The van der Waals surface area contributed by atoms with Gasteiger partial charge in [0.2, 0.25) is 17.7 Å². The van der Waals surface area contributed by atoms with Crippen molar-refractivity contribution in [2.75, 3.05) is 5.32 Å². The molecule has 216 valence electrons. The molecule has 0 saturated carbocycles. The molecule has 1 unspecified atom stereocenters. The van der Waals surface area contributed by atoms with Gasteiger partial charge in [-0.05, 0) is 68.0 Å². The number of amides is 3. The van der Waals surface area contributed by atoms with E-state index >= 15 is 0 Å². The number of rotatable bonds is 17. The predicted octanol–water partition coefficient (Wildman–Crippen LogP) is 5.21. The van der Waals surface area contributed by atoms with E-state index in [1.54, 1.807) is 13.8 Å². The third-order valence-electron chi connectivity index (χ3n) is 6.58. The second-order valence-corrected chi connectivity index (χ2v) is 11.1. The first-order chi connectivity index (χ1) is 18.4. The van der Waals surface area contributed by atoms with E-state index in [1.165, 1.54) is 17.7 Å². The Bertz CT molecular complexity index is 1040. The topological polar surface area (TPSA) is 121 Å². The molecule has 0 aliphatic rings. The Morgan fingerprint density at radius 2 is 1.62 bits per heavy atom. The molecule has 0 spiro atoms. The maximum atomic E-state index is 12.9. The van der Waals surface area contributed by atoms with E-state index in [0.29, 0.717) is 24.9 Å². The lowest BCUT2D eigenvalue weighted by atomic mass is 9.97. The number of halogens is 1. The summed E-state index contributed by atoms with van der Waals surface area (Å²) in [6, 6.07) is 4.19. The molecule has 0 aromatic heterocycles. The zero-order chi connectivity index (χ0) is 29.5. The van der Waals surface area contributed by atoms with E-state index in [1.807, 2.05) is 45.9 Å². The van der Waals surface area contributed by atoms with Gasteiger partial charge in [-0.15, -0.1) is 0 Å². The lowest BCUT2D eigenvalue weighted by Crippen LogP contribution is -2.53. The first-order valence-corrected chi connectivity index (χ1v) is 15.2. The van der Waals surface area contributed by atoms with Gasteiger partial charge in [-0.1, -0.05) is 69.2 Å². The van der Waals surface area contributed by atoms with Crippen molar-refractivity contribution in [1.29, 1.82) is 0 Å². The van der Waals surface area contributed by atoms with Crippen molar-refractivity contribution < 1.29 is 24.0 Å². The average molecular weight is 654 g/mol. The summed E-state index contributed by atoms with van der Waals surface area (Å²) in [6.45, 7) is 10.9. The van der Waals surface area contributed by atoms with E-state index < -0.39 is 18.0 Å². The van der Waals surface area contributed by atoms with E-state index in [0.717, 1.165) is 22.8 Å². The van der Waals surface area contributed by atoms with Crippen molar-refractivity contribution >= 4 is 57.6 Å². The van der Waals surface area contributed by atoms with Crippen molar-refractivity contribution in [3.63, 3.8) is 0 Å². The average Bonchev–Trinajstić information content (AvgIpc) is 2.89. The van der Waals surface area contributed by atoms with Gasteiger partial charge in [0.15, 0.2) is 11.6 Å². The number of allylic oxidation sites excluding steroid dienone is 2. The van der Waals surface area contributed by atoms with Gasteiger partial charge in [0.25, 0.3) is 0 Å². The molecule has 0 heterocycles. The van der Waals surface area contributed by atoms with E-state index in [2.05, 4.69) is 38.5 Å². The molecule has 0 aliphatic carbocycles. The fourth-order valence-electron chi connectivity index (χ4n) is 3.84. The Hall–Kier alpha value is -2.56. The van der Waals surface area contributed by atoms with Crippen molar-refractivity contribution in [2.24, 2.45) is 11.8 Å². The second kappa shape index (κ2) is 17.9. The van der Waals surface area contributed by atoms with Gasteiger partial charge in [-0.2, -0.15) is 0 Å². The minimum atomic E-state index is -0.778. The summed E-state index contributed by atoms with van der Waals surface area (Å²) in [6.07, 6.45) is 6.22. The van der Waals surface area contributed by atoms with Crippen LogP contribution in [-0.2, 0) is 28.4 Å². The summed E-state index contributed by atoms with van der Waals surface area (Å²) in [5.74, 6) is -1.43. The summed E-state index contributed by atoms with van der Waals surface area (Å²) in [4.78, 5) is 61.4. The number of carbonyl (C=O) groups is 5. The van der Waals surface area contributed by atoms with Crippen LogP contribution in [0.4, 0.5) is 5.69 Å². The van der Waals surface area contributed by atoms with Crippen LogP contribution >= 0.6 is 22.6 Å². The summed E-state index contributed by atoms with van der Waals surface area (Å²) < 4.78 is 0.883. The molecule has 9 heteroatoms. The van der Waals surface area contributed by atoms with Gasteiger partial charge in [0, 0.05) is 28.9 Å². The Morgan fingerprint density at radius 1 is 0.923 bits per heavy atom. The van der Waals surface area contributed by atoms with Gasteiger partial charge < -0.3 is 16.0 Å². The quantitative estimate of drug-likeness (QED) is 0.0924. The fourth-order valence-corrected chi connectivity index (χ4v) is 4.69. The van der Waals surface area contributed by atoms with Crippen LogP contribution in [0.3, 0.4) is 0 Å². The Kier molecular flexibility index (Phi) is 15.8. The highest BCUT2D eigenvalue weighted by Crippen LogP contribution is 2.18. The minimum absolute atomic E-state index is 0.0625. The Labute approximate surface area is 246 Å². The number of hydrogen-bond acceptors (Lipinski definition) is 5. The van der Waals surface area contributed by atoms with Crippen molar-refractivity contribution in [3.8, 4) is 0 Å². The van der Waals surface area contributed by atoms with Gasteiger partial charge in [-0.25, -0.2) is 0 Å². The van der Waals surface area contributed by atoms with Crippen LogP contribution in [0.5, 0.6) is 0 Å². The molecule has 0 radical (unpaired) electrons. The monoisotopic (exact) mass is 653 g/mol. The van der Waals surface area contributed by atoms with Crippen LogP contribution in [0.25, 0.3) is 0 Å². The molecule has 0 saturated heterocycles. The number of unbranched alkanes of at least 4 members (excludes halogenated alkanes) is 2. The summed E-state index contributed by atoms with van der Waals surface area (Å²) >= 11 is 2.29. The molecule has 0 fully saturated rings. The zero-order valence-corrected chi connectivity index (χ0v) is 26.2. The van der Waals surface area contributed by atoms with E-state index in [-0.39, 0.29) is 41.6 Å². The molecule has 3 amide bonds. The normalized spacial score (nSPS) is 13.5. The Balaban J connectivity index is 2.48. The van der Waals surface area contributed by atoms with Crippen LogP contribution in [0.2, 0.25) is 0 Å². The lowest BCUT2D eigenvalue weighted by Gasteiger charge is -2.24. The maximum absolute atomic E-state index is 12.9. The third kappa shape index (κ3) is 12.9. The van der Waals surface area contributed by atoms with Gasteiger partial charge in [0.05, 0.1) is 0 Å². The number of hydrogen-bond donors (Lipinski definition) is 3. The molecule has 39 heavy (non-hydrogen) atoms. The second-order valence-electron chi connectivity index (χ2n) is 10.3. The SMILES string of the molecule is CCC(=O)/C=C\C(=O)C(C)CCCCCC(=O)N[C@H](C(=O)N[C@@H](C)C(=O)Nc1ccc(CI)c(C)c1)C(C)C. The maximum Gasteiger partial charge on any atom is 0.246 e. The highest BCUT2D eigenvalue weighted by Gasteiger charge is 2.27. The first kappa shape index (κ1) is 34.5. The third-order valence-corrected chi connectivity index (χ3v) is 7.40. The lowest BCUT2D eigenvalue weighted by molar-refractivity contribution is -0.131. The highest BCUT2D eigenvalue weighted by atomic mass is 127. The van der Waals surface area contributed by atoms with Crippen molar-refractivity contribution in [2.45, 2.75) is 96.6 Å². The highest BCUT2D eigenvalue weighted by molar-refractivity contribution is 14.1. The van der Waals surface area contributed by atoms with Crippen LogP contribution in [0, 0.1) is 18.8 Å². The fraction of sp³-hybridized carbons (Fsp3) is 0.567. The molecule has 0 aliphatic heterocycles. The van der Waals surface area contributed by atoms with Crippen LogP contribution in [-0.4, -0.2) is 41.4 Å². The van der Waals surface area contributed by atoms with Gasteiger partial charge in [0.1, 0.15) is 12.1 Å². The van der Waals surface area contributed by atoms with Gasteiger partial charge in [-0.3, -0.25) is 24.0 Å². The number of alkyl halides is 1. The van der Waals surface area contributed by atoms with Crippen LogP contribution in [0.15, 0.2) is 30.4 Å². The number of nitrogens with one attached hydrogen (secondary N) is 3. The molecule has 1 aromatic carbocycles. The number of aryl methyl sites for hydroxylation is 1. The summed E-state index contributed by atoms with van der Waals surface area (Å²) in [7, 11) is 0. The van der Waals surface area contributed by atoms with E-state index in [9.17, 15) is 24.0 Å². The molecule has 3 N–H and O–H groups in total. The van der Waals surface area contributed by atoms with E-state index in [4.69, 9.17) is 0 Å². The molecule has 3 atom stereocenters. The van der Waals surface area contributed by atoms with Gasteiger partial charge >= 0.3 is 0 Å². The van der Waals surface area contributed by atoms with Crippen LogP contribution in [0.1, 0.15) is 84.3 Å². The zero-order valence-electron chi connectivity index (χ0n) is 24.1. The van der Waals surface area contributed by atoms with Crippen molar-refractivity contribution in [3.05, 3.63) is 41.5 Å². The molecule has 8 nitrogen and oxygen atoms in total. The predicted molar refractivity (Wildman–Crippen MR) is 164 cm³/mol. The molecular formula is C30H44IN3O5. The minimum Gasteiger partial charge on any atom is -0.344 e. The standard InChI is InChI=1S/C30H44IN3O5/c1-7-25(35)15-16-26(36)20(4)11-9-8-10-12-27(37)34-28(19(2)3)30(39)32-22(6)29(38)33-24-14-13-23(18-31)21(5)17-24/h13-17,19-20,22,28H,7-12,18H2,1-6H3,(H,32,39)(H,33,38)(H,34,37)/b16-15-/t20?,22-,28-/m0/s1. The largest absolute Gasteiger partial charge is 0.344 e. The number of anilines is 1. The molecular weight excluding hydrogens is 609 g/mol. The van der Waals surface area contributed by atoms with Crippen LogP contribution < -0.4 is 16.0 Å². The molecule has 1 aromatic rings. The number of carbonyl (C=O) groups excluding carboxylic acids is 5. The first-order valence-electron chi connectivity index (χ1n) is 13.7. The number of benzene rings is 1. The molecule has 1 rings (SSSR count). The smallest absolute Gasteiger partial charge is 0.246 e. The molecule has 0 bridgehead atoms.